The fraction of sp³-hybridized carbons (Fsp3) is 0.667. The van der Waals surface area contributed by atoms with E-state index in [2.05, 4.69) is 24.5 Å². The molecule has 0 amide bonds. The van der Waals surface area contributed by atoms with Crippen LogP contribution in [0.25, 0.3) is 0 Å². The molecule has 0 aromatic carbocycles. The first kappa shape index (κ1) is 7.24. The molecular formula is C9H11NS. The van der Waals surface area contributed by atoms with E-state index >= 15 is 0 Å². The van der Waals surface area contributed by atoms with Gasteiger partial charge in [-0.3, -0.25) is 0 Å². The number of nitrogens with zero attached hydrogens (tertiary/aromatic N) is 1. The minimum atomic E-state index is -0.0347. The molecule has 58 valence electrons. The summed E-state index contributed by atoms with van der Waals surface area (Å²) in [5.74, 6) is 1.23. The molecule has 0 aliphatic heterocycles. The van der Waals surface area contributed by atoms with Gasteiger partial charge < -0.3 is 0 Å². The predicted molar refractivity (Wildman–Crippen MR) is 47.2 cm³/mol. The monoisotopic (exact) mass is 165 g/mol. The second-order valence-corrected chi connectivity index (χ2v) is 4.33. The van der Waals surface area contributed by atoms with Crippen LogP contribution in [0.2, 0.25) is 0 Å². The van der Waals surface area contributed by atoms with Crippen molar-refractivity contribution in [1.82, 2.24) is 0 Å². The molecule has 0 heterocycles. The summed E-state index contributed by atoms with van der Waals surface area (Å²) < 4.78 is -0.0347. The van der Waals surface area contributed by atoms with Crippen LogP contribution in [0.5, 0.6) is 0 Å². The maximum absolute atomic E-state index is 8.98. The molecular weight excluding hydrogens is 154 g/mol. The first-order valence-electron chi connectivity index (χ1n) is 3.98. The SMILES string of the molecule is CSC1(C#N)C2C=CCCC21. The lowest BCUT2D eigenvalue weighted by atomic mass is 10.1. The van der Waals surface area contributed by atoms with Gasteiger partial charge in [0, 0.05) is 5.92 Å². The van der Waals surface area contributed by atoms with Gasteiger partial charge in [-0.15, -0.1) is 11.8 Å². The molecule has 11 heavy (non-hydrogen) atoms. The predicted octanol–water partition coefficient (Wildman–Crippen LogP) is 2.21. The summed E-state index contributed by atoms with van der Waals surface area (Å²) >= 11 is 1.73. The normalized spacial score (nSPS) is 46.2. The summed E-state index contributed by atoms with van der Waals surface area (Å²) in [6.45, 7) is 0. The highest BCUT2D eigenvalue weighted by molar-refractivity contribution is 8.00. The summed E-state index contributed by atoms with van der Waals surface area (Å²) in [6, 6.07) is 2.46. The van der Waals surface area contributed by atoms with Crippen molar-refractivity contribution in [3.8, 4) is 6.07 Å². The van der Waals surface area contributed by atoms with Crippen LogP contribution in [0.4, 0.5) is 0 Å². The van der Waals surface area contributed by atoms with Crippen LogP contribution in [0.3, 0.4) is 0 Å². The first-order chi connectivity index (χ1) is 5.35. The molecule has 0 bridgehead atoms. The van der Waals surface area contributed by atoms with E-state index in [0.717, 1.165) is 0 Å². The van der Waals surface area contributed by atoms with E-state index in [0.29, 0.717) is 11.8 Å². The van der Waals surface area contributed by atoms with Crippen molar-refractivity contribution in [3.63, 3.8) is 0 Å². The number of nitriles is 1. The highest BCUT2D eigenvalue weighted by atomic mass is 32.2. The average Bonchev–Trinajstić information content (AvgIpc) is 2.74. The van der Waals surface area contributed by atoms with Gasteiger partial charge in [-0.05, 0) is 25.0 Å². The summed E-state index contributed by atoms with van der Waals surface area (Å²) in [4.78, 5) is 0. The largest absolute Gasteiger partial charge is 0.197 e. The van der Waals surface area contributed by atoms with E-state index in [4.69, 9.17) is 5.26 Å². The minimum absolute atomic E-state index is 0.0347. The fourth-order valence-electron chi connectivity index (χ4n) is 2.14. The lowest BCUT2D eigenvalue weighted by Gasteiger charge is -2.00. The van der Waals surface area contributed by atoms with Gasteiger partial charge in [-0.1, -0.05) is 12.2 Å². The number of hydrogen-bond donors (Lipinski definition) is 0. The maximum atomic E-state index is 8.98. The Morgan fingerprint density at radius 1 is 1.73 bits per heavy atom. The Labute approximate surface area is 71.5 Å². The van der Waals surface area contributed by atoms with E-state index in [1.54, 1.807) is 11.8 Å². The molecule has 0 aromatic rings. The van der Waals surface area contributed by atoms with Crippen molar-refractivity contribution >= 4 is 11.8 Å². The van der Waals surface area contributed by atoms with Crippen LogP contribution in [0.15, 0.2) is 12.2 Å². The van der Waals surface area contributed by atoms with Gasteiger partial charge in [-0.25, -0.2) is 0 Å². The van der Waals surface area contributed by atoms with E-state index in [1.165, 1.54) is 12.8 Å². The number of rotatable bonds is 1. The Kier molecular flexibility index (Phi) is 1.50. The standard InChI is InChI=1S/C9H11NS/c1-11-9(6-10)7-4-2-3-5-8(7)9/h2,4,7-8H,3,5H2,1H3. The van der Waals surface area contributed by atoms with E-state index in [-0.39, 0.29) is 4.75 Å². The second-order valence-electron chi connectivity index (χ2n) is 3.25. The van der Waals surface area contributed by atoms with Crippen molar-refractivity contribution in [2.24, 2.45) is 11.8 Å². The third-order valence-electron chi connectivity index (χ3n) is 2.87. The summed E-state index contributed by atoms with van der Waals surface area (Å²) in [5, 5.41) is 8.98. The van der Waals surface area contributed by atoms with E-state index < -0.39 is 0 Å². The fourth-order valence-corrected chi connectivity index (χ4v) is 3.25. The Morgan fingerprint density at radius 3 is 3.00 bits per heavy atom. The van der Waals surface area contributed by atoms with Gasteiger partial charge in [-0.2, -0.15) is 5.26 Å². The molecule has 1 saturated carbocycles. The molecule has 0 aromatic heterocycles. The van der Waals surface area contributed by atoms with Crippen LogP contribution < -0.4 is 0 Å². The van der Waals surface area contributed by atoms with Gasteiger partial charge in [0.15, 0.2) is 0 Å². The Bertz CT molecular complexity index is 240. The molecule has 1 fully saturated rings. The third kappa shape index (κ3) is 0.779. The molecule has 3 unspecified atom stereocenters. The van der Waals surface area contributed by atoms with Crippen LogP contribution in [0.1, 0.15) is 12.8 Å². The molecule has 0 radical (unpaired) electrons. The first-order valence-corrected chi connectivity index (χ1v) is 5.20. The Morgan fingerprint density at radius 2 is 2.55 bits per heavy atom. The lowest BCUT2D eigenvalue weighted by Crippen LogP contribution is -2.02. The molecule has 1 nitrogen and oxygen atoms in total. The summed E-state index contributed by atoms with van der Waals surface area (Å²) in [5.41, 5.74) is 0. The van der Waals surface area contributed by atoms with E-state index in [9.17, 15) is 0 Å². The molecule has 2 aliphatic carbocycles. The topological polar surface area (TPSA) is 23.8 Å². The number of hydrogen-bond acceptors (Lipinski definition) is 2. The highest BCUT2D eigenvalue weighted by Crippen LogP contribution is 2.62. The van der Waals surface area contributed by atoms with Crippen LogP contribution >= 0.6 is 11.8 Å². The van der Waals surface area contributed by atoms with Crippen LogP contribution in [0, 0.1) is 23.2 Å². The van der Waals surface area contributed by atoms with Crippen molar-refractivity contribution < 1.29 is 0 Å². The Balaban J connectivity index is 2.22. The highest BCUT2D eigenvalue weighted by Gasteiger charge is 2.63. The zero-order valence-corrected chi connectivity index (χ0v) is 7.40. The molecule has 2 rings (SSSR count). The zero-order chi connectivity index (χ0) is 7.90. The minimum Gasteiger partial charge on any atom is -0.197 e. The zero-order valence-electron chi connectivity index (χ0n) is 6.58. The Hall–Kier alpha value is -0.420. The molecule has 0 saturated heterocycles. The molecule has 3 atom stereocenters. The quantitative estimate of drug-likeness (QED) is 0.556. The van der Waals surface area contributed by atoms with Gasteiger partial charge in [0.2, 0.25) is 0 Å². The number of fused-ring (bicyclic) bond motifs is 1. The van der Waals surface area contributed by atoms with Gasteiger partial charge >= 0.3 is 0 Å². The van der Waals surface area contributed by atoms with Crippen molar-refractivity contribution in [2.45, 2.75) is 17.6 Å². The van der Waals surface area contributed by atoms with Crippen LogP contribution in [-0.4, -0.2) is 11.0 Å². The van der Waals surface area contributed by atoms with Crippen molar-refractivity contribution in [1.29, 1.82) is 5.26 Å². The third-order valence-corrected chi connectivity index (χ3v) is 4.21. The number of thioether (sulfide) groups is 1. The second kappa shape index (κ2) is 2.28. The van der Waals surface area contributed by atoms with Crippen molar-refractivity contribution in [3.05, 3.63) is 12.2 Å². The molecule has 2 aliphatic rings. The van der Waals surface area contributed by atoms with Gasteiger partial charge in [0.05, 0.1) is 6.07 Å². The number of allylic oxidation sites excluding steroid dienone is 2. The molecule has 2 heteroatoms. The van der Waals surface area contributed by atoms with Gasteiger partial charge in [0.1, 0.15) is 4.75 Å². The van der Waals surface area contributed by atoms with E-state index in [1.807, 2.05) is 0 Å². The molecule has 0 spiro atoms. The molecule has 0 N–H and O–H groups in total. The average molecular weight is 165 g/mol. The smallest absolute Gasteiger partial charge is 0.112 e. The lowest BCUT2D eigenvalue weighted by molar-refractivity contribution is 0.677. The summed E-state index contributed by atoms with van der Waals surface area (Å²) in [7, 11) is 0. The maximum Gasteiger partial charge on any atom is 0.112 e. The summed E-state index contributed by atoms with van der Waals surface area (Å²) in [6.07, 6.45) is 8.89. The van der Waals surface area contributed by atoms with Gasteiger partial charge in [0.25, 0.3) is 0 Å². The van der Waals surface area contributed by atoms with Crippen LogP contribution in [-0.2, 0) is 0 Å². The van der Waals surface area contributed by atoms with Crippen molar-refractivity contribution in [2.75, 3.05) is 6.26 Å².